The van der Waals surface area contributed by atoms with E-state index in [1.54, 1.807) is 72.8 Å². The number of aromatic nitrogens is 2. The van der Waals surface area contributed by atoms with Gasteiger partial charge in [-0.25, -0.2) is 20.6 Å². The highest BCUT2D eigenvalue weighted by atomic mass is 35.5. The Hall–Kier alpha value is -4.71. The maximum Gasteiger partial charge on any atom is 0.337 e. The SMILES string of the molecule is COC(=O)c1cccc(Oc2ccc(Nc3ncc(N(N)C(=O)C4CCOCC4)c(=O)n3Cc3ccc(Cl)cc3)cc2)c1. The monoisotopic (exact) mass is 603 g/mol. The van der Waals surface area contributed by atoms with E-state index in [1.807, 2.05) is 0 Å². The van der Waals surface area contributed by atoms with Gasteiger partial charge >= 0.3 is 5.97 Å². The molecular formula is C31H30ClN5O6. The van der Waals surface area contributed by atoms with Crippen LogP contribution in [0.1, 0.15) is 28.8 Å². The number of hydrogen-bond acceptors (Lipinski definition) is 9. The molecule has 1 aliphatic heterocycles. The van der Waals surface area contributed by atoms with Crippen LogP contribution >= 0.6 is 11.6 Å². The molecule has 0 atom stereocenters. The molecule has 43 heavy (non-hydrogen) atoms. The molecule has 11 nitrogen and oxygen atoms in total. The standard InChI is InChI=1S/C31H30ClN5O6/c1-41-30(40)22-3-2-4-26(17-22)43-25-11-9-24(10-12-25)35-31-34-18-27(37(33)28(38)21-13-15-42-16-14-21)29(39)36(31)19-20-5-7-23(32)8-6-20/h2-12,17-18,21H,13-16,19,33H2,1H3,(H,34,35). The largest absolute Gasteiger partial charge is 0.465 e. The number of ether oxygens (including phenoxy) is 3. The van der Waals surface area contributed by atoms with Crippen LogP contribution in [0.15, 0.2) is 83.8 Å². The lowest BCUT2D eigenvalue weighted by Gasteiger charge is -2.26. The van der Waals surface area contributed by atoms with Crippen molar-refractivity contribution in [2.75, 3.05) is 30.6 Å². The van der Waals surface area contributed by atoms with E-state index < -0.39 is 11.5 Å². The van der Waals surface area contributed by atoms with Gasteiger partial charge in [-0.3, -0.25) is 14.2 Å². The molecule has 0 radical (unpaired) electrons. The van der Waals surface area contributed by atoms with Crippen molar-refractivity contribution in [1.29, 1.82) is 0 Å². The third-order valence-corrected chi connectivity index (χ3v) is 7.20. The molecule has 0 unspecified atom stereocenters. The number of benzene rings is 3. The first kappa shape index (κ1) is 29.8. The maximum atomic E-state index is 13.7. The fraction of sp³-hybridized carbons (Fsp3) is 0.226. The Bertz CT molecular complexity index is 1650. The number of carbonyl (C=O) groups is 2. The van der Waals surface area contributed by atoms with E-state index in [4.69, 9.17) is 31.7 Å². The number of hydrazine groups is 1. The summed E-state index contributed by atoms with van der Waals surface area (Å²) in [6.45, 7) is 1.09. The average Bonchev–Trinajstić information content (AvgIpc) is 3.04. The molecule has 12 heteroatoms. The van der Waals surface area contributed by atoms with Gasteiger partial charge in [0.25, 0.3) is 5.56 Å². The summed E-state index contributed by atoms with van der Waals surface area (Å²) in [5.74, 6) is 6.28. The Kier molecular flexibility index (Phi) is 9.35. The quantitative estimate of drug-likeness (QED) is 0.118. The average molecular weight is 604 g/mol. The zero-order chi connectivity index (χ0) is 30.3. The molecule has 0 aliphatic carbocycles. The highest BCUT2D eigenvalue weighted by Crippen LogP contribution is 2.26. The summed E-state index contributed by atoms with van der Waals surface area (Å²) in [4.78, 5) is 43.1. The zero-order valence-corrected chi connectivity index (χ0v) is 24.1. The van der Waals surface area contributed by atoms with Crippen molar-refractivity contribution in [3.05, 3.63) is 105 Å². The summed E-state index contributed by atoms with van der Waals surface area (Å²) in [5, 5.41) is 4.64. The number of rotatable bonds is 9. The number of anilines is 3. The molecule has 0 saturated carbocycles. The van der Waals surface area contributed by atoms with Crippen molar-refractivity contribution in [1.82, 2.24) is 9.55 Å². The lowest BCUT2D eigenvalue weighted by atomic mass is 9.99. The zero-order valence-electron chi connectivity index (χ0n) is 23.4. The maximum absolute atomic E-state index is 13.7. The molecule has 4 aromatic rings. The number of nitrogens with two attached hydrogens (primary N) is 1. The molecule has 1 fully saturated rings. The number of methoxy groups -OCH3 is 1. The van der Waals surface area contributed by atoms with Crippen molar-refractivity contribution in [3.8, 4) is 11.5 Å². The predicted molar refractivity (Wildman–Crippen MR) is 162 cm³/mol. The van der Waals surface area contributed by atoms with Crippen LogP contribution in [0.25, 0.3) is 0 Å². The van der Waals surface area contributed by atoms with E-state index in [9.17, 15) is 14.4 Å². The smallest absolute Gasteiger partial charge is 0.337 e. The Labute approximate surface area is 252 Å². The lowest BCUT2D eigenvalue weighted by Crippen LogP contribution is -2.46. The van der Waals surface area contributed by atoms with Gasteiger partial charge in [0, 0.05) is 29.8 Å². The fourth-order valence-electron chi connectivity index (χ4n) is 4.60. The van der Waals surface area contributed by atoms with Gasteiger partial charge in [0.1, 0.15) is 17.2 Å². The summed E-state index contributed by atoms with van der Waals surface area (Å²) in [5.41, 5.74) is 1.28. The van der Waals surface area contributed by atoms with E-state index in [2.05, 4.69) is 10.3 Å². The number of nitrogens with one attached hydrogen (secondary N) is 1. The predicted octanol–water partition coefficient (Wildman–Crippen LogP) is 4.90. The second-order valence-corrected chi connectivity index (χ2v) is 10.3. The molecule has 3 aromatic carbocycles. The molecule has 2 heterocycles. The van der Waals surface area contributed by atoms with Crippen LogP contribution in [0, 0.1) is 5.92 Å². The first-order chi connectivity index (χ1) is 20.8. The minimum absolute atomic E-state index is 0.0334. The van der Waals surface area contributed by atoms with Crippen molar-refractivity contribution in [2.24, 2.45) is 11.8 Å². The van der Waals surface area contributed by atoms with E-state index in [1.165, 1.54) is 17.9 Å². The van der Waals surface area contributed by atoms with Crippen LogP contribution in [-0.2, 0) is 20.8 Å². The van der Waals surface area contributed by atoms with Gasteiger partial charge in [-0.1, -0.05) is 29.8 Å². The Balaban J connectivity index is 1.39. The molecule has 0 bridgehead atoms. The van der Waals surface area contributed by atoms with E-state index in [0.29, 0.717) is 53.8 Å². The summed E-state index contributed by atoms with van der Waals surface area (Å²) in [7, 11) is 1.32. The van der Waals surface area contributed by atoms with Gasteiger partial charge in [0.15, 0.2) is 0 Å². The Morgan fingerprint density at radius 1 is 1.07 bits per heavy atom. The summed E-state index contributed by atoms with van der Waals surface area (Å²) >= 11 is 6.06. The van der Waals surface area contributed by atoms with Crippen LogP contribution < -0.4 is 26.5 Å². The first-order valence-corrected chi connectivity index (χ1v) is 13.9. The van der Waals surface area contributed by atoms with Crippen molar-refractivity contribution >= 4 is 40.8 Å². The van der Waals surface area contributed by atoms with Crippen LogP contribution in [0.2, 0.25) is 5.02 Å². The molecular weight excluding hydrogens is 574 g/mol. The topological polar surface area (TPSA) is 138 Å². The van der Waals surface area contributed by atoms with Gasteiger partial charge in [0.05, 0.1) is 25.4 Å². The van der Waals surface area contributed by atoms with Gasteiger partial charge in [0.2, 0.25) is 11.9 Å². The highest BCUT2D eigenvalue weighted by molar-refractivity contribution is 6.30. The van der Waals surface area contributed by atoms with Gasteiger partial charge in [-0.05, 0) is 73.0 Å². The summed E-state index contributed by atoms with van der Waals surface area (Å²) in [6, 6.07) is 20.7. The van der Waals surface area contributed by atoms with Crippen LogP contribution in [0.4, 0.5) is 17.3 Å². The van der Waals surface area contributed by atoms with E-state index in [-0.39, 0.29) is 30.0 Å². The number of hydrogen-bond donors (Lipinski definition) is 2. The summed E-state index contributed by atoms with van der Waals surface area (Å²) < 4.78 is 17.4. The third kappa shape index (κ3) is 7.20. The van der Waals surface area contributed by atoms with E-state index >= 15 is 0 Å². The molecule has 1 amide bonds. The Morgan fingerprint density at radius 3 is 2.49 bits per heavy atom. The number of carbonyl (C=O) groups excluding carboxylic acids is 2. The molecule has 3 N–H and O–H groups in total. The molecule has 5 rings (SSSR count). The molecule has 1 aliphatic rings. The third-order valence-electron chi connectivity index (χ3n) is 6.95. The lowest BCUT2D eigenvalue weighted by molar-refractivity contribution is -0.125. The molecule has 1 saturated heterocycles. The number of halogens is 1. The van der Waals surface area contributed by atoms with Crippen LogP contribution in [-0.4, -0.2) is 41.8 Å². The Morgan fingerprint density at radius 2 is 1.79 bits per heavy atom. The second kappa shape index (κ2) is 13.5. The number of amides is 1. The molecule has 0 spiro atoms. The minimum Gasteiger partial charge on any atom is -0.465 e. The van der Waals surface area contributed by atoms with E-state index in [0.717, 1.165) is 10.6 Å². The van der Waals surface area contributed by atoms with Crippen molar-refractivity contribution in [3.63, 3.8) is 0 Å². The van der Waals surface area contributed by atoms with Gasteiger partial charge in [-0.2, -0.15) is 0 Å². The second-order valence-electron chi connectivity index (χ2n) is 9.85. The van der Waals surface area contributed by atoms with Gasteiger partial charge in [-0.15, -0.1) is 0 Å². The van der Waals surface area contributed by atoms with Crippen molar-refractivity contribution in [2.45, 2.75) is 19.4 Å². The number of nitrogens with zero attached hydrogens (tertiary/aromatic N) is 3. The molecule has 222 valence electrons. The highest BCUT2D eigenvalue weighted by Gasteiger charge is 2.28. The minimum atomic E-state index is -0.485. The fourth-order valence-corrected chi connectivity index (χ4v) is 4.73. The summed E-state index contributed by atoms with van der Waals surface area (Å²) in [6.07, 6.45) is 2.37. The normalized spacial score (nSPS) is 13.3. The first-order valence-electron chi connectivity index (χ1n) is 13.6. The van der Waals surface area contributed by atoms with Crippen LogP contribution in [0.5, 0.6) is 11.5 Å². The van der Waals surface area contributed by atoms with Crippen LogP contribution in [0.3, 0.4) is 0 Å². The molecule has 1 aromatic heterocycles. The van der Waals surface area contributed by atoms with Gasteiger partial charge < -0.3 is 19.5 Å². The number of esters is 1. The van der Waals surface area contributed by atoms with Crippen molar-refractivity contribution < 1.29 is 23.8 Å².